The molecule has 0 aromatic heterocycles. The molecule has 5 nitrogen and oxygen atoms in total. The number of nitrogens with zero attached hydrogens (tertiary/aromatic N) is 2. The van der Waals surface area contributed by atoms with Crippen LogP contribution in [-0.4, -0.2) is 55.9 Å². The van der Waals surface area contributed by atoms with Gasteiger partial charge >= 0.3 is 12.1 Å². The quantitative estimate of drug-likeness (QED) is 0.542. The lowest BCUT2D eigenvalue weighted by molar-refractivity contribution is -0.186. The molecule has 1 aromatic rings. The van der Waals surface area contributed by atoms with Gasteiger partial charge in [-0.05, 0) is 17.7 Å². The van der Waals surface area contributed by atoms with Crippen LogP contribution in [0.2, 0.25) is 0 Å². The van der Waals surface area contributed by atoms with Gasteiger partial charge in [-0.1, -0.05) is 22.0 Å². The number of amides is 1. The number of hydrogen-bond acceptors (Lipinski definition) is 3. The van der Waals surface area contributed by atoms with Crippen LogP contribution in [-0.2, 0) is 20.1 Å². The first-order valence-corrected chi connectivity index (χ1v) is 9.34. The lowest BCUT2D eigenvalue weighted by Crippen LogP contribution is -2.53. The Balaban J connectivity index is 2.19. The van der Waals surface area contributed by atoms with Gasteiger partial charge in [-0.2, -0.15) is 17.5 Å². The van der Waals surface area contributed by atoms with Crippen LogP contribution in [0.3, 0.4) is 0 Å². The van der Waals surface area contributed by atoms with Gasteiger partial charge in [0.15, 0.2) is 0 Å². The number of sulfonamides is 1. The molecule has 0 unspecified atom stereocenters. The Morgan fingerprint density at radius 2 is 1.75 bits per heavy atom. The summed E-state index contributed by atoms with van der Waals surface area (Å²) in [5, 5.41) is 0.175. The number of alkyl halides is 4. The summed E-state index contributed by atoms with van der Waals surface area (Å²) in [6.45, 7) is -1.34. The minimum absolute atomic E-state index is 0.175. The molecule has 0 saturated carbocycles. The van der Waals surface area contributed by atoms with Crippen LogP contribution in [0.25, 0.3) is 0 Å². The van der Waals surface area contributed by atoms with E-state index in [9.17, 15) is 30.8 Å². The van der Waals surface area contributed by atoms with Crippen LogP contribution in [0.5, 0.6) is 0 Å². The summed E-state index contributed by atoms with van der Waals surface area (Å²) in [5.74, 6) is -2.73. The first-order chi connectivity index (χ1) is 11.1. The second kappa shape index (κ2) is 6.96. The molecule has 1 aliphatic rings. The van der Waals surface area contributed by atoms with E-state index in [1.807, 2.05) is 0 Å². The Morgan fingerprint density at radius 1 is 1.17 bits per heavy atom. The van der Waals surface area contributed by atoms with Crippen molar-refractivity contribution in [3.63, 3.8) is 0 Å². The molecule has 11 heteroatoms. The van der Waals surface area contributed by atoms with Crippen molar-refractivity contribution >= 4 is 31.9 Å². The van der Waals surface area contributed by atoms with E-state index in [1.54, 1.807) is 0 Å². The zero-order chi connectivity index (χ0) is 18.1. The molecule has 1 amide bonds. The molecule has 0 radical (unpaired) electrons. The topological polar surface area (TPSA) is 57.7 Å². The molecule has 1 fully saturated rings. The fourth-order valence-electron chi connectivity index (χ4n) is 2.33. The first kappa shape index (κ1) is 19.1. The number of carbonyl (C=O) groups is 1. The van der Waals surface area contributed by atoms with E-state index in [0.29, 0.717) is 10.5 Å². The van der Waals surface area contributed by atoms with Gasteiger partial charge < -0.3 is 4.90 Å². The van der Waals surface area contributed by atoms with Gasteiger partial charge in [-0.15, -0.1) is 0 Å². The predicted octanol–water partition coefficient (Wildman–Crippen LogP) is 2.12. The molecule has 2 rings (SSSR count). The second-order valence-electron chi connectivity index (χ2n) is 5.08. The van der Waals surface area contributed by atoms with Crippen LogP contribution in [0.1, 0.15) is 5.56 Å². The van der Waals surface area contributed by atoms with E-state index < -0.39 is 27.9 Å². The van der Waals surface area contributed by atoms with Crippen LogP contribution in [0.15, 0.2) is 23.1 Å². The van der Waals surface area contributed by atoms with E-state index in [2.05, 4.69) is 15.9 Å². The fourth-order valence-corrected chi connectivity index (χ4v) is 4.66. The minimum atomic E-state index is -4.99. The zero-order valence-electron chi connectivity index (χ0n) is 12.2. The largest absolute Gasteiger partial charge is 0.471 e. The van der Waals surface area contributed by atoms with Crippen LogP contribution >= 0.6 is 15.9 Å². The maximum atomic E-state index is 13.4. The minimum Gasteiger partial charge on any atom is -0.332 e. The number of rotatable bonds is 3. The molecule has 0 bridgehead atoms. The normalized spacial score (nSPS) is 17.1. The average Bonchev–Trinajstić information content (AvgIpc) is 2.53. The SMILES string of the molecule is O=C(N1CCN(S(=O)(=O)c2cc(F)ccc2CBr)CC1)C(F)(F)F. The lowest BCUT2D eigenvalue weighted by atomic mass is 10.2. The molecule has 0 aliphatic carbocycles. The Labute approximate surface area is 144 Å². The zero-order valence-corrected chi connectivity index (χ0v) is 14.6. The number of benzene rings is 1. The standard InChI is InChI=1S/C13H13BrF4N2O3S/c14-8-9-1-2-10(15)7-11(9)24(22,23)20-5-3-19(4-6-20)12(21)13(16,17)18/h1-2,7H,3-6,8H2. The molecule has 1 aromatic carbocycles. The van der Waals surface area contributed by atoms with Crippen molar-refractivity contribution < 1.29 is 30.8 Å². The van der Waals surface area contributed by atoms with Crippen molar-refractivity contribution in [3.05, 3.63) is 29.6 Å². The van der Waals surface area contributed by atoms with Gasteiger partial charge in [0.1, 0.15) is 5.82 Å². The van der Waals surface area contributed by atoms with Crippen LogP contribution in [0.4, 0.5) is 17.6 Å². The smallest absolute Gasteiger partial charge is 0.332 e. The van der Waals surface area contributed by atoms with E-state index in [-0.39, 0.29) is 36.4 Å². The third-order valence-corrected chi connectivity index (χ3v) is 6.14. The highest BCUT2D eigenvalue weighted by Crippen LogP contribution is 2.25. The fraction of sp³-hybridized carbons (Fsp3) is 0.462. The van der Waals surface area contributed by atoms with Gasteiger partial charge in [0.05, 0.1) is 4.90 Å². The summed E-state index contributed by atoms with van der Waals surface area (Å²) >= 11 is 3.12. The highest BCUT2D eigenvalue weighted by Gasteiger charge is 2.44. The summed E-state index contributed by atoms with van der Waals surface area (Å²) in [6.07, 6.45) is -4.99. The Kier molecular flexibility index (Phi) is 5.55. The van der Waals surface area contributed by atoms with Gasteiger partial charge in [-0.25, -0.2) is 12.8 Å². The van der Waals surface area contributed by atoms with Crippen molar-refractivity contribution in [1.29, 1.82) is 0 Å². The molecule has 0 N–H and O–H groups in total. The molecule has 1 aliphatic heterocycles. The van der Waals surface area contributed by atoms with Crippen molar-refractivity contribution in [2.45, 2.75) is 16.4 Å². The van der Waals surface area contributed by atoms with Gasteiger partial charge in [0, 0.05) is 31.5 Å². The van der Waals surface area contributed by atoms with E-state index >= 15 is 0 Å². The monoisotopic (exact) mass is 432 g/mol. The van der Waals surface area contributed by atoms with E-state index in [1.165, 1.54) is 6.07 Å². The number of piperazine rings is 1. The summed E-state index contributed by atoms with van der Waals surface area (Å²) < 4.78 is 76.8. The van der Waals surface area contributed by atoms with E-state index in [4.69, 9.17) is 0 Å². The van der Waals surface area contributed by atoms with Gasteiger partial charge in [0.2, 0.25) is 10.0 Å². The Hall–Kier alpha value is -1.20. The van der Waals surface area contributed by atoms with Gasteiger partial charge in [0.25, 0.3) is 0 Å². The molecular formula is C13H13BrF4N2O3S. The molecule has 0 atom stereocenters. The third-order valence-electron chi connectivity index (χ3n) is 3.56. The molecule has 0 spiro atoms. The second-order valence-corrected chi connectivity index (χ2v) is 7.55. The van der Waals surface area contributed by atoms with Crippen LogP contribution < -0.4 is 0 Å². The molecule has 134 valence electrons. The summed E-state index contributed by atoms with van der Waals surface area (Å²) in [7, 11) is -4.07. The highest BCUT2D eigenvalue weighted by atomic mass is 79.9. The van der Waals surface area contributed by atoms with Gasteiger partial charge in [-0.3, -0.25) is 4.79 Å². The summed E-state index contributed by atoms with van der Waals surface area (Å²) in [5.41, 5.74) is 0.338. The Bertz CT molecular complexity index is 731. The maximum Gasteiger partial charge on any atom is 0.471 e. The third kappa shape index (κ3) is 3.89. The first-order valence-electron chi connectivity index (χ1n) is 6.78. The molecule has 1 heterocycles. The average molecular weight is 433 g/mol. The van der Waals surface area contributed by atoms with Crippen molar-refractivity contribution in [2.24, 2.45) is 0 Å². The molecule has 1 saturated heterocycles. The summed E-state index contributed by atoms with van der Waals surface area (Å²) in [6, 6.07) is 3.31. The highest BCUT2D eigenvalue weighted by molar-refractivity contribution is 9.08. The van der Waals surface area contributed by atoms with Crippen molar-refractivity contribution in [3.8, 4) is 0 Å². The summed E-state index contributed by atoms with van der Waals surface area (Å²) in [4.78, 5) is 11.5. The molecular weight excluding hydrogens is 420 g/mol. The van der Waals surface area contributed by atoms with E-state index in [0.717, 1.165) is 16.4 Å². The Morgan fingerprint density at radius 3 is 2.25 bits per heavy atom. The lowest BCUT2D eigenvalue weighted by Gasteiger charge is -2.34. The molecule has 24 heavy (non-hydrogen) atoms. The number of hydrogen-bond donors (Lipinski definition) is 0. The van der Waals surface area contributed by atoms with Crippen LogP contribution in [0, 0.1) is 5.82 Å². The number of halogens is 5. The number of carbonyl (C=O) groups excluding carboxylic acids is 1. The predicted molar refractivity (Wildman–Crippen MR) is 80.4 cm³/mol. The maximum absolute atomic E-state index is 13.4. The van der Waals surface area contributed by atoms with Crippen molar-refractivity contribution in [2.75, 3.05) is 26.2 Å². The van der Waals surface area contributed by atoms with Crippen molar-refractivity contribution in [1.82, 2.24) is 9.21 Å².